The van der Waals surface area contributed by atoms with E-state index in [1.54, 1.807) is 11.8 Å². The quantitative estimate of drug-likeness (QED) is 0.474. The third kappa shape index (κ3) is 3.12. The van der Waals surface area contributed by atoms with Gasteiger partial charge in [-0.25, -0.2) is 4.98 Å². The van der Waals surface area contributed by atoms with Crippen molar-refractivity contribution in [2.45, 2.75) is 4.90 Å². The van der Waals surface area contributed by atoms with E-state index >= 15 is 0 Å². The molecule has 1 aromatic heterocycles. The fraction of sp³-hybridized carbons (Fsp3) is 0.0833. The van der Waals surface area contributed by atoms with Gasteiger partial charge >= 0.3 is 0 Å². The Morgan fingerprint density at radius 2 is 1.88 bits per heavy atom. The van der Waals surface area contributed by atoms with Gasteiger partial charge in [-0.3, -0.25) is 0 Å². The van der Waals surface area contributed by atoms with Crippen molar-refractivity contribution in [3.05, 3.63) is 46.2 Å². The second-order valence-corrected chi connectivity index (χ2v) is 5.06. The van der Waals surface area contributed by atoms with Crippen molar-refractivity contribution >= 4 is 34.4 Å². The van der Waals surface area contributed by atoms with Crippen LogP contribution in [-0.2, 0) is 0 Å². The number of hydrogen-bond donors (Lipinski definition) is 0. The number of ether oxygens (including phenoxy) is 1. The number of rotatable bonds is 3. The lowest BCUT2D eigenvalue weighted by molar-refractivity contribution is 0.461. The Bertz CT molecular complexity index is 473. The molecule has 0 saturated heterocycles. The SMILES string of the molecule is CSc1ccc(Oc2cccc(I)n2)cc1. The molecule has 1 heterocycles. The molecule has 2 aromatic rings. The van der Waals surface area contributed by atoms with Gasteiger partial charge in [0.15, 0.2) is 0 Å². The van der Waals surface area contributed by atoms with Gasteiger partial charge < -0.3 is 4.74 Å². The van der Waals surface area contributed by atoms with Gasteiger partial charge in [-0.1, -0.05) is 6.07 Å². The molecule has 0 spiro atoms. The summed E-state index contributed by atoms with van der Waals surface area (Å²) in [5.74, 6) is 1.44. The van der Waals surface area contributed by atoms with Crippen LogP contribution >= 0.6 is 34.4 Å². The van der Waals surface area contributed by atoms with E-state index < -0.39 is 0 Å². The molecule has 0 aliphatic carbocycles. The summed E-state index contributed by atoms with van der Waals surface area (Å²) in [6.45, 7) is 0. The Hall–Kier alpha value is -0.750. The first-order valence-electron chi connectivity index (χ1n) is 4.72. The zero-order valence-electron chi connectivity index (χ0n) is 8.68. The molecule has 0 radical (unpaired) electrons. The number of thioether (sulfide) groups is 1. The Kier molecular flexibility index (Phi) is 4.06. The van der Waals surface area contributed by atoms with Gasteiger partial charge in [0.1, 0.15) is 9.45 Å². The Morgan fingerprint density at radius 1 is 1.12 bits per heavy atom. The predicted molar refractivity (Wildman–Crippen MR) is 75.3 cm³/mol. The molecule has 0 amide bonds. The van der Waals surface area contributed by atoms with Crippen LogP contribution in [0.5, 0.6) is 11.6 Å². The summed E-state index contributed by atoms with van der Waals surface area (Å²) in [4.78, 5) is 5.50. The van der Waals surface area contributed by atoms with E-state index in [1.165, 1.54) is 4.90 Å². The molecule has 0 atom stereocenters. The summed E-state index contributed by atoms with van der Waals surface area (Å²) >= 11 is 3.88. The van der Waals surface area contributed by atoms with E-state index in [4.69, 9.17) is 4.74 Å². The van der Waals surface area contributed by atoms with E-state index in [0.29, 0.717) is 5.88 Å². The molecule has 0 unspecified atom stereocenters. The minimum absolute atomic E-state index is 0.629. The van der Waals surface area contributed by atoms with Crippen molar-refractivity contribution in [3.8, 4) is 11.6 Å². The minimum Gasteiger partial charge on any atom is -0.439 e. The first-order chi connectivity index (χ1) is 7.78. The maximum Gasteiger partial charge on any atom is 0.220 e. The molecule has 0 aliphatic rings. The van der Waals surface area contributed by atoms with Gasteiger partial charge in [0.05, 0.1) is 0 Å². The van der Waals surface area contributed by atoms with E-state index in [9.17, 15) is 0 Å². The van der Waals surface area contributed by atoms with E-state index in [1.807, 2.05) is 42.5 Å². The number of nitrogens with zero attached hydrogens (tertiary/aromatic N) is 1. The minimum atomic E-state index is 0.629. The average molecular weight is 343 g/mol. The van der Waals surface area contributed by atoms with Gasteiger partial charge in [0.25, 0.3) is 0 Å². The van der Waals surface area contributed by atoms with Crippen LogP contribution in [0.15, 0.2) is 47.4 Å². The maximum atomic E-state index is 5.63. The van der Waals surface area contributed by atoms with Gasteiger partial charge in [-0.15, -0.1) is 11.8 Å². The summed E-state index contributed by atoms with van der Waals surface area (Å²) in [7, 11) is 0. The van der Waals surface area contributed by atoms with E-state index in [2.05, 4.69) is 33.8 Å². The molecule has 0 fully saturated rings. The van der Waals surface area contributed by atoms with Crippen molar-refractivity contribution in [1.29, 1.82) is 0 Å². The predicted octanol–water partition coefficient (Wildman–Crippen LogP) is 4.20. The molecule has 4 heteroatoms. The summed E-state index contributed by atoms with van der Waals surface area (Å²) < 4.78 is 6.56. The van der Waals surface area contributed by atoms with Crippen LogP contribution < -0.4 is 4.74 Å². The van der Waals surface area contributed by atoms with Crippen LogP contribution in [0.25, 0.3) is 0 Å². The fourth-order valence-electron chi connectivity index (χ4n) is 1.21. The Labute approximate surface area is 113 Å². The molecule has 0 aliphatic heterocycles. The summed E-state index contributed by atoms with van der Waals surface area (Å²) in [5, 5.41) is 0. The van der Waals surface area contributed by atoms with Crippen LogP contribution in [0.4, 0.5) is 0 Å². The molecule has 16 heavy (non-hydrogen) atoms. The van der Waals surface area contributed by atoms with Crippen LogP contribution in [-0.4, -0.2) is 11.2 Å². The summed E-state index contributed by atoms with van der Waals surface area (Å²) in [5.41, 5.74) is 0. The van der Waals surface area contributed by atoms with Crippen LogP contribution in [0, 0.1) is 3.70 Å². The van der Waals surface area contributed by atoms with Gasteiger partial charge in [0, 0.05) is 11.0 Å². The third-order valence-corrected chi connectivity index (χ3v) is 3.32. The van der Waals surface area contributed by atoms with Gasteiger partial charge in [-0.2, -0.15) is 0 Å². The highest BCUT2D eigenvalue weighted by atomic mass is 127. The molecule has 1 aromatic carbocycles. The largest absolute Gasteiger partial charge is 0.439 e. The lowest BCUT2D eigenvalue weighted by Gasteiger charge is -2.05. The summed E-state index contributed by atoms with van der Waals surface area (Å²) in [6, 6.07) is 13.7. The van der Waals surface area contributed by atoms with Crippen LogP contribution in [0.2, 0.25) is 0 Å². The molecule has 2 rings (SSSR count). The average Bonchev–Trinajstić information content (AvgIpc) is 2.30. The normalized spacial score (nSPS) is 10.1. The lowest BCUT2D eigenvalue weighted by Crippen LogP contribution is -1.88. The van der Waals surface area contributed by atoms with Gasteiger partial charge in [0.2, 0.25) is 5.88 Å². The topological polar surface area (TPSA) is 22.1 Å². The smallest absolute Gasteiger partial charge is 0.220 e. The second-order valence-electron chi connectivity index (χ2n) is 3.08. The molecular formula is C12H10INOS. The van der Waals surface area contributed by atoms with Crippen molar-refractivity contribution in [2.24, 2.45) is 0 Å². The molecule has 0 N–H and O–H groups in total. The Balaban J connectivity index is 2.14. The molecule has 0 saturated carbocycles. The zero-order chi connectivity index (χ0) is 11.4. The molecular weight excluding hydrogens is 333 g/mol. The monoisotopic (exact) mass is 343 g/mol. The number of hydrogen-bond acceptors (Lipinski definition) is 3. The van der Waals surface area contributed by atoms with Gasteiger partial charge in [-0.05, 0) is 59.2 Å². The highest BCUT2D eigenvalue weighted by molar-refractivity contribution is 14.1. The van der Waals surface area contributed by atoms with E-state index in [-0.39, 0.29) is 0 Å². The Morgan fingerprint density at radius 3 is 2.50 bits per heavy atom. The summed E-state index contributed by atoms with van der Waals surface area (Å²) in [6.07, 6.45) is 2.05. The van der Waals surface area contributed by atoms with Crippen LogP contribution in [0.3, 0.4) is 0 Å². The third-order valence-electron chi connectivity index (χ3n) is 1.97. The number of pyridine rings is 1. The van der Waals surface area contributed by atoms with E-state index in [0.717, 1.165) is 9.45 Å². The van der Waals surface area contributed by atoms with Crippen LogP contribution in [0.1, 0.15) is 0 Å². The number of aromatic nitrogens is 1. The number of halogens is 1. The van der Waals surface area contributed by atoms with Crippen molar-refractivity contribution < 1.29 is 4.74 Å². The van der Waals surface area contributed by atoms with Crippen molar-refractivity contribution in [3.63, 3.8) is 0 Å². The fourth-order valence-corrected chi connectivity index (χ4v) is 2.06. The first-order valence-corrected chi connectivity index (χ1v) is 7.03. The first kappa shape index (κ1) is 11.7. The molecule has 82 valence electrons. The van der Waals surface area contributed by atoms with Crippen molar-refractivity contribution in [2.75, 3.05) is 6.26 Å². The van der Waals surface area contributed by atoms with Crippen molar-refractivity contribution in [1.82, 2.24) is 4.98 Å². The highest BCUT2D eigenvalue weighted by Gasteiger charge is 1.99. The molecule has 0 bridgehead atoms. The number of benzene rings is 1. The maximum absolute atomic E-state index is 5.63. The molecule has 2 nitrogen and oxygen atoms in total. The second kappa shape index (κ2) is 5.54. The highest BCUT2D eigenvalue weighted by Crippen LogP contribution is 2.23. The zero-order valence-corrected chi connectivity index (χ0v) is 11.7. The lowest BCUT2D eigenvalue weighted by atomic mass is 10.3. The standard InChI is InChI=1S/C12H10INOS/c1-16-10-7-5-9(6-8-10)15-12-4-2-3-11(13)14-12/h2-8H,1H3.